The van der Waals surface area contributed by atoms with Gasteiger partial charge in [-0.25, -0.2) is 4.39 Å². The molecule has 2 aromatic rings. The number of hydrogen-bond donors (Lipinski definition) is 1. The monoisotopic (exact) mass is 349 g/mol. The van der Waals surface area contributed by atoms with Crippen LogP contribution in [0.3, 0.4) is 0 Å². The molecule has 0 saturated heterocycles. The average molecular weight is 350 g/mol. The maximum Gasteiger partial charge on any atom is 0.124 e. The Labute approximate surface area is 134 Å². The van der Waals surface area contributed by atoms with E-state index in [4.69, 9.17) is 0 Å². The van der Waals surface area contributed by atoms with E-state index in [0.717, 1.165) is 23.0 Å². The number of rotatable bonds is 6. The van der Waals surface area contributed by atoms with E-state index in [1.807, 2.05) is 12.1 Å². The number of hydrogen-bond acceptors (Lipinski definition) is 1. The minimum Gasteiger partial charge on any atom is -0.314 e. The molecule has 1 nitrogen and oxygen atoms in total. The molecule has 112 valence electrons. The quantitative estimate of drug-likeness (QED) is 0.780. The molecule has 0 aliphatic carbocycles. The Balaban J connectivity index is 2.19. The summed E-state index contributed by atoms with van der Waals surface area (Å²) in [5.74, 6) is 0.164. The van der Waals surface area contributed by atoms with Gasteiger partial charge in [0, 0.05) is 23.0 Å². The van der Waals surface area contributed by atoms with Crippen LogP contribution in [-0.4, -0.2) is 12.6 Å². The molecule has 1 atom stereocenters. The van der Waals surface area contributed by atoms with Gasteiger partial charge in [0.05, 0.1) is 0 Å². The highest BCUT2D eigenvalue weighted by Gasteiger charge is 2.14. The zero-order valence-corrected chi connectivity index (χ0v) is 14.0. The van der Waals surface area contributed by atoms with E-state index in [0.29, 0.717) is 12.0 Å². The van der Waals surface area contributed by atoms with Crippen LogP contribution in [0.25, 0.3) is 0 Å². The fourth-order valence-electron chi connectivity index (χ4n) is 2.36. The minimum absolute atomic E-state index is 0.206. The van der Waals surface area contributed by atoms with Gasteiger partial charge in [0.1, 0.15) is 5.82 Å². The molecule has 0 radical (unpaired) electrons. The molecule has 0 bridgehead atoms. The highest BCUT2D eigenvalue weighted by atomic mass is 79.9. The first-order valence-corrected chi connectivity index (χ1v) is 8.08. The third-order valence-electron chi connectivity index (χ3n) is 3.52. The molecule has 0 aliphatic heterocycles. The van der Waals surface area contributed by atoms with Crippen LogP contribution in [0.15, 0.2) is 53.0 Å². The number of benzene rings is 2. The maximum absolute atomic E-state index is 13.2. The summed E-state index contributed by atoms with van der Waals surface area (Å²) in [6.45, 7) is 5.21. The van der Waals surface area contributed by atoms with Crippen molar-refractivity contribution in [1.82, 2.24) is 5.32 Å². The minimum atomic E-state index is -0.206. The van der Waals surface area contributed by atoms with Crippen LogP contribution in [0.2, 0.25) is 0 Å². The normalized spacial score (nSPS) is 12.6. The van der Waals surface area contributed by atoms with Crippen molar-refractivity contribution in [3.63, 3.8) is 0 Å². The molecule has 21 heavy (non-hydrogen) atoms. The Morgan fingerprint density at radius 3 is 2.43 bits per heavy atom. The Morgan fingerprint density at radius 2 is 1.81 bits per heavy atom. The second-order valence-corrected chi connectivity index (χ2v) is 6.46. The van der Waals surface area contributed by atoms with Gasteiger partial charge in [-0.1, -0.05) is 66.2 Å². The lowest BCUT2D eigenvalue weighted by atomic mass is 9.91. The fraction of sp³-hybridized carbons (Fsp3) is 0.333. The van der Waals surface area contributed by atoms with Gasteiger partial charge in [-0.3, -0.25) is 0 Å². The first-order valence-electron chi connectivity index (χ1n) is 7.28. The predicted molar refractivity (Wildman–Crippen MR) is 90.1 cm³/mol. The second-order valence-electron chi connectivity index (χ2n) is 5.61. The fourth-order valence-corrected chi connectivity index (χ4v) is 2.88. The van der Waals surface area contributed by atoms with Crippen LogP contribution in [0.5, 0.6) is 0 Å². The molecular formula is C18H21BrFN. The summed E-state index contributed by atoms with van der Waals surface area (Å²) in [5, 5.41) is 3.51. The van der Waals surface area contributed by atoms with Gasteiger partial charge >= 0.3 is 0 Å². The highest BCUT2D eigenvalue weighted by molar-refractivity contribution is 9.10. The van der Waals surface area contributed by atoms with E-state index >= 15 is 0 Å². The average Bonchev–Trinajstić information content (AvgIpc) is 2.46. The molecule has 2 rings (SSSR count). The summed E-state index contributed by atoms with van der Waals surface area (Å²) in [6, 6.07) is 15.9. The number of nitrogens with one attached hydrogen (secondary N) is 1. The van der Waals surface area contributed by atoms with Gasteiger partial charge in [-0.05, 0) is 29.7 Å². The number of halogens is 2. The van der Waals surface area contributed by atoms with Crippen molar-refractivity contribution in [3.05, 3.63) is 69.9 Å². The first-order chi connectivity index (χ1) is 10.1. The van der Waals surface area contributed by atoms with Crippen LogP contribution in [0, 0.1) is 5.82 Å². The van der Waals surface area contributed by atoms with E-state index < -0.39 is 0 Å². The van der Waals surface area contributed by atoms with Crippen LogP contribution >= 0.6 is 15.9 Å². The van der Waals surface area contributed by atoms with Crippen molar-refractivity contribution in [3.8, 4) is 0 Å². The van der Waals surface area contributed by atoms with Crippen molar-refractivity contribution in [2.45, 2.75) is 32.2 Å². The smallest absolute Gasteiger partial charge is 0.124 e. The molecule has 0 amide bonds. The topological polar surface area (TPSA) is 12.0 Å². The summed E-state index contributed by atoms with van der Waals surface area (Å²) < 4.78 is 14.1. The van der Waals surface area contributed by atoms with Gasteiger partial charge in [-0.15, -0.1) is 0 Å². The standard InChI is InChI=1S/C18H21BrFN/c1-13(2)21-12-16(14-6-4-3-5-7-14)10-15-8-9-17(20)11-18(15)19/h3-9,11,13,16,21H,10,12H2,1-2H3. The van der Waals surface area contributed by atoms with Crippen LogP contribution < -0.4 is 5.32 Å². The van der Waals surface area contributed by atoms with Gasteiger partial charge < -0.3 is 5.32 Å². The van der Waals surface area contributed by atoms with E-state index in [2.05, 4.69) is 59.4 Å². The van der Waals surface area contributed by atoms with E-state index in [1.54, 1.807) is 0 Å². The van der Waals surface area contributed by atoms with Crippen molar-refractivity contribution in [1.29, 1.82) is 0 Å². The Bertz CT molecular complexity index is 569. The van der Waals surface area contributed by atoms with Crippen molar-refractivity contribution < 1.29 is 4.39 Å². The predicted octanol–water partition coefficient (Wildman–Crippen LogP) is 4.91. The SMILES string of the molecule is CC(C)NCC(Cc1ccc(F)cc1Br)c1ccccc1. The lowest BCUT2D eigenvalue weighted by Gasteiger charge is -2.20. The molecule has 1 N–H and O–H groups in total. The molecule has 0 fully saturated rings. The molecule has 0 aliphatic rings. The molecule has 3 heteroatoms. The highest BCUT2D eigenvalue weighted by Crippen LogP contribution is 2.26. The van der Waals surface area contributed by atoms with Gasteiger partial charge in [0.15, 0.2) is 0 Å². The van der Waals surface area contributed by atoms with Crippen molar-refractivity contribution >= 4 is 15.9 Å². The lowest BCUT2D eigenvalue weighted by Crippen LogP contribution is -2.29. The summed E-state index contributed by atoms with van der Waals surface area (Å²) >= 11 is 3.47. The molecule has 0 saturated carbocycles. The zero-order valence-electron chi connectivity index (χ0n) is 12.4. The first kappa shape index (κ1) is 16.2. The van der Waals surface area contributed by atoms with Crippen molar-refractivity contribution in [2.24, 2.45) is 0 Å². The molecule has 0 spiro atoms. The third kappa shape index (κ3) is 4.94. The van der Waals surface area contributed by atoms with Crippen LogP contribution in [0.1, 0.15) is 30.9 Å². The maximum atomic E-state index is 13.2. The zero-order chi connectivity index (χ0) is 15.2. The second kappa shape index (κ2) is 7.71. The van der Waals surface area contributed by atoms with Gasteiger partial charge in [-0.2, -0.15) is 0 Å². The molecule has 2 aromatic carbocycles. The lowest BCUT2D eigenvalue weighted by molar-refractivity contribution is 0.526. The molecular weight excluding hydrogens is 329 g/mol. The van der Waals surface area contributed by atoms with Crippen LogP contribution in [-0.2, 0) is 6.42 Å². The molecule has 0 aromatic heterocycles. The summed E-state index contributed by atoms with van der Waals surface area (Å²) in [7, 11) is 0. The van der Waals surface area contributed by atoms with E-state index in [9.17, 15) is 4.39 Å². The Morgan fingerprint density at radius 1 is 1.10 bits per heavy atom. The van der Waals surface area contributed by atoms with E-state index in [1.165, 1.54) is 17.7 Å². The van der Waals surface area contributed by atoms with Gasteiger partial charge in [0.25, 0.3) is 0 Å². The summed E-state index contributed by atoms with van der Waals surface area (Å²) in [4.78, 5) is 0. The third-order valence-corrected chi connectivity index (χ3v) is 4.26. The van der Waals surface area contributed by atoms with Crippen LogP contribution in [0.4, 0.5) is 4.39 Å². The molecule has 0 heterocycles. The largest absolute Gasteiger partial charge is 0.314 e. The summed E-state index contributed by atoms with van der Waals surface area (Å²) in [6.07, 6.45) is 0.880. The molecule has 1 unspecified atom stereocenters. The van der Waals surface area contributed by atoms with E-state index in [-0.39, 0.29) is 5.82 Å². The Hall–Kier alpha value is -1.19. The van der Waals surface area contributed by atoms with Gasteiger partial charge in [0.2, 0.25) is 0 Å². The Kier molecular flexibility index (Phi) is 5.95. The summed E-state index contributed by atoms with van der Waals surface area (Å²) in [5.41, 5.74) is 2.44. The van der Waals surface area contributed by atoms with Crippen molar-refractivity contribution in [2.75, 3.05) is 6.54 Å².